The average Bonchev–Trinajstić information content (AvgIpc) is 3.13. The first-order valence-electron chi connectivity index (χ1n) is 6.84. The molecular weight excluding hydrogens is 224 g/mol. The van der Waals surface area contributed by atoms with E-state index >= 15 is 0 Å². The molecule has 0 aromatic carbocycles. The Bertz CT molecular complexity index is 424. The highest BCUT2D eigenvalue weighted by Gasteiger charge is 2.32. The zero-order valence-corrected chi connectivity index (χ0v) is 11.9. The van der Waals surface area contributed by atoms with Gasteiger partial charge in [0.1, 0.15) is 0 Å². The maximum absolute atomic E-state index is 5.92. The molecule has 4 heteroatoms. The van der Waals surface area contributed by atoms with E-state index in [1.807, 2.05) is 6.92 Å². The molecule has 0 atom stereocenters. The van der Waals surface area contributed by atoms with Crippen LogP contribution in [-0.2, 0) is 6.54 Å². The van der Waals surface area contributed by atoms with Gasteiger partial charge in [-0.15, -0.1) is 5.10 Å². The fourth-order valence-corrected chi connectivity index (χ4v) is 2.31. The second-order valence-corrected chi connectivity index (χ2v) is 5.69. The van der Waals surface area contributed by atoms with Crippen LogP contribution in [0.3, 0.4) is 0 Å². The minimum Gasteiger partial charge on any atom is -0.352 e. The van der Waals surface area contributed by atoms with Crippen LogP contribution >= 0.6 is 0 Å². The summed E-state index contributed by atoms with van der Waals surface area (Å²) in [6, 6.07) is 0.647. The summed E-state index contributed by atoms with van der Waals surface area (Å²) in [6.45, 7) is 10.1. The van der Waals surface area contributed by atoms with Crippen LogP contribution in [0.5, 0.6) is 0 Å². The zero-order chi connectivity index (χ0) is 13.3. The normalized spacial score (nSPS) is 15.2. The summed E-state index contributed by atoms with van der Waals surface area (Å²) in [7, 11) is 0. The number of anilines is 1. The fourth-order valence-electron chi connectivity index (χ4n) is 2.31. The lowest BCUT2D eigenvalue weighted by Gasteiger charge is -2.27. The lowest BCUT2D eigenvalue weighted by Crippen LogP contribution is -2.32. The number of rotatable bonds is 5. The lowest BCUT2D eigenvalue weighted by atomic mass is 10.1. The van der Waals surface area contributed by atoms with E-state index in [9.17, 15) is 0 Å². The van der Waals surface area contributed by atoms with Gasteiger partial charge in [0.15, 0.2) is 5.82 Å². The number of hydrogen-bond acceptors (Lipinski definition) is 4. The van der Waals surface area contributed by atoms with Gasteiger partial charge in [0.2, 0.25) is 0 Å². The lowest BCUT2D eigenvalue weighted by molar-refractivity contribution is 0.597. The molecule has 2 N–H and O–H groups in total. The van der Waals surface area contributed by atoms with Gasteiger partial charge in [-0.25, -0.2) is 0 Å². The highest BCUT2D eigenvalue weighted by Crippen LogP contribution is 2.33. The highest BCUT2D eigenvalue weighted by atomic mass is 15.3. The minimum atomic E-state index is 0.541. The smallest absolute Gasteiger partial charge is 0.156 e. The van der Waals surface area contributed by atoms with Crippen molar-refractivity contribution in [3.05, 3.63) is 16.8 Å². The molecule has 1 aliphatic carbocycles. The summed E-state index contributed by atoms with van der Waals surface area (Å²) in [4.78, 5) is 2.41. The number of hydrogen-bond donors (Lipinski definition) is 1. The van der Waals surface area contributed by atoms with Crippen molar-refractivity contribution in [2.45, 2.75) is 53.1 Å². The van der Waals surface area contributed by atoms with Gasteiger partial charge < -0.3 is 10.6 Å². The van der Waals surface area contributed by atoms with Gasteiger partial charge in [-0.05, 0) is 38.2 Å². The van der Waals surface area contributed by atoms with E-state index in [1.165, 1.54) is 18.4 Å². The highest BCUT2D eigenvalue weighted by molar-refractivity contribution is 5.52. The van der Waals surface area contributed by atoms with Crippen molar-refractivity contribution in [3.63, 3.8) is 0 Å². The summed E-state index contributed by atoms with van der Waals surface area (Å²) in [5.41, 5.74) is 9.25. The van der Waals surface area contributed by atoms with Gasteiger partial charge in [0.05, 0.1) is 5.69 Å². The molecule has 1 aromatic heterocycles. The second kappa shape index (κ2) is 5.22. The first kappa shape index (κ1) is 13.3. The summed E-state index contributed by atoms with van der Waals surface area (Å²) < 4.78 is 0. The van der Waals surface area contributed by atoms with Gasteiger partial charge in [-0.3, -0.25) is 0 Å². The molecule has 1 heterocycles. The monoisotopic (exact) mass is 248 g/mol. The van der Waals surface area contributed by atoms with E-state index < -0.39 is 0 Å². The maximum Gasteiger partial charge on any atom is 0.156 e. The Labute approximate surface area is 110 Å². The van der Waals surface area contributed by atoms with E-state index in [4.69, 9.17) is 5.73 Å². The van der Waals surface area contributed by atoms with Crippen molar-refractivity contribution in [2.75, 3.05) is 11.4 Å². The van der Waals surface area contributed by atoms with Crippen LogP contribution < -0.4 is 10.6 Å². The van der Waals surface area contributed by atoms with E-state index in [-0.39, 0.29) is 0 Å². The largest absolute Gasteiger partial charge is 0.352 e. The summed E-state index contributed by atoms with van der Waals surface area (Å²) in [5.74, 6) is 1.64. The van der Waals surface area contributed by atoms with Crippen molar-refractivity contribution in [3.8, 4) is 0 Å². The van der Waals surface area contributed by atoms with Gasteiger partial charge >= 0.3 is 0 Å². The average molecular weight is 248 g/mol. The Balaban J connectivity index is 2.37. The van der Waals surface area contributed by atoms with Crippen LogP contribution in [0.25, 0.3) is 0 Å². The molecular formula is C14H24N4. The number of aryl methyl sites for hydroxylation is 1. The molecule has 0 spiro atoms. The van der Waals surface area contributed by atoms with E-state index in [0.717, 1.165) is 23.6 Å². The molecule has 1 saturated carbocycles. The third-order valence-electron chi connectivity index (χ3n) is 3.59. The van der Waals surface area contributed by atoms with E-state index in [1.54, 1.807) is 0 Å². The quantitative estimate of drug-likeness (QED) is 0.867. The van der Waals surface area contributed by atoms with Gasteiger partial charge in [-0.1, -0.05) is 13.8 Å². The van der Waals surface area contributed by atoms with Crippen molar-refractivity contribution < 1.29 is 0 Å². The molecule has 4 nitrogen and oxygen atoms in total. The molecule has 100 valence electrons. The topological polar surface area (TPSA) is 55.0 Å². The van der Waals surface area contributed by atoms with Gasteiger partial charge in [0, 0.05) is 24.7 Å². The molecule has 2 rings (SSSR count). The molecule has 1 aromatic rings. The fraction of sp³-hybridized carbons (Fsp3) is 0.714. The number of nitrogens with zero attached hydrogens (tertiary/aromatic N) is 3. The van der Waals surface area contributed by atoms with Crippen LogP contribution in [0, 0.1) is 19.8 Å². The molecule has 0 amide bonds. The van der Waals surface area contributed by atoms with Crippen molar-refractivity contribution in [2.24, 2.45) is 11.7 Å². The number of nitrogens with two attached hydrogens (primary N) is 1. The molecule has 0 unspecified atom stereocenters. The standard InChI is InChI=1S/C14H24N4/c1-9(2)8-18(12-5-6-12)14-13(7-15)10(3)11(4)16-17-14/h9,12H,5-8,15H2,1-4H3. The van der Waals surface area contributed by atoms with Crippen molar-refractivity contribution in [1.82, 2.24) is 10.2 Å². The molecule has 0 bridgehead atoms. The SMILES string of the molecule is Cc1nnc(N(CC(C)C)C2CC2)c(CN)c1C. The van der Waals surface area contributed by atoms with E-state index in [0.29, 0.717) is 18.5 Å². The summed E-state index contributed by atoms with van der Waals surface area (Å²) in [5, 5.41) is 8.70. The minimum absolute atomic E-state index is 0.541. The predicted octanol–water partition coefficient (Wildman–Crippen LogP) is 2.18. The van der Waals surface area contributed by atoms with Gasteiger partial charge in [-0.2, -0.15) is 5.10 Å². The van der Waals surface area contributed by atoms with Crippen LogP contribution in [0.1, 0.15) is 43.5 Å². The first-order chi connectivity index (χ1) is 8.54. The van der Waals surface area contributed by atoms with Crippen LogP contribution in [0.15, 0.2) is 0 Å². The molecule has 1 fully saturated rings. The van der Waals surface area contributed by atoms with Gasteiger partial charge in [0.25, 0.3) is 0 Å². The molecule has 1 aliphatic rings. The molecule has 0 saturated heterocycles. The Hall–Kier alpha value is -1.16. The third kappa shape index (κ3) is 2.64. The molecule has 0 aliphatic heterocycles. The Morgan fingerprint density at radius 2 is 1.94 bits per heavy atom. The summed E-state index contributed by atoms with van der Waals surface area (Å²) >= 11 is 0. The molecule has 18 heavy (non-hydrogen) atoms. The van der Waals surface area contributed by atoms with E-state index in [2.05, 4.69) is 35.9 Å². The Morgan fingerprint density at radius 1 is 1.28 bits per heavy atom. The van der Waals surface area contributed by atoms with Crippen LogP contribution in [0.4, 0.5) is 5.82 Å². The Morgan fingerprint density at radius 3 is 2.44 bits per heavy atom. The van der Waals surface area contributed by atoms with Crippen LogP contribution in [0.2, 0.25) is 0 Å². The predicted molar refractivity (Wildman–Crippen MR) is 74.6 cm³/mol. The maximum atomic E-state index is 5.92. The Kier molecular flexibility index (Phi) is 3.85. The van der Waals surface area contributed by atoms with Crippen molar-refractivity contribution in [1.29, 1.82) is 0 Å². The summed E-state index contributed by atoms with van der Waals surface area (Å²) in [6.07, 6.45) is 2.54. The second-order valence-electron chi connectivity index (χ2n) is 5.69. The van der Waals surface area contributed by atoms with Crippen molar-refractivity contribution >= 4 is 5.82 Å². The number of aromatic nitrogens is 2. The third-order valence-corrected chi connectivity index (χ3v) is 3.59. The zero-order valence-electron chi connectivity index (χ0n) is 11.9. The van der Waals surface area contributed by atoms with Crippen LogP contribution in [-0.4, -0.2) is 22.8 Å². The molecule has 0 radical (unpaired) electrons. The first-order valence-corrected chi connectivity index (χ1v) is 6.84.